The molecule has 0 fully saturated rings. The van der Waals surface area contributed by atoms with Gasteiger partial charge in [0.15, 0.2) is 11.5 Å². The number of aldehydes is 1. The molecule has 128 valence electrons. The quantitative estimate of drug-likeness (QED) is 0.562. The van der Waals surface area contributed by atoms with Crippen LogP contribution in [0.25, 0.3) is 11.1 Å². The summed E-state index contributed by atoms with van der Waals surface area (Å²) in [5, 5.41) is 0. The fraction of sp³-hybridized carbons (Fsp3) is 0.235. The number of halogens is 3. The number of carbonyl (C=O) groups is 1. The van der Waals surface area contributed by atoms with Crippen LogP contribution in [-0.4, -0.2) is 33.0 Å². The second-order valence-electron chi connectivity index (χ2n) is 4.79. The van der Waals surface area contributed by atoms with E-state index in [0.717, 1.165) is 0 Å². The average molecular weight is 340 g/mol. The first-order valence-corrected chi connectivity index (χ1v) is 7.00. The maximum Gasteiger partial charge on any atom is 0.573 e. The highest BCUT2D eigenvalue weighted by molar-refractivity contribution is 5.79. The molecule has 0 spiro atoms. The Morgan fingerprint density at radius 3 is 2.42 bits per heavy atom. The molecule has 0 aliphatic carbocycles. The van der Waals surface area contributed by atoms with Crippen LogP contribution < -0.4 is 9.47 Å². The normalized spacial score (nSPS) is 11.2. The van der Waals surface area contributed by atoms with E-state index in [-0.39, 0.29) is 19.0 Å². The Kier molecular flexibility index (Phi) is 5.81. The lowest BCUT2D eigenvalue weighted by molar-refractivity contribution is -0.275. The number of alkyl halides is 3. The number of benzene rings is 2. The highest BCUT2D eigenvalue weighted by atomic mass is 19.4. The van der Waals surface area contributed by atoms with E-state index in [1.54, 1.807) is 24.3 Å². The molecule has 0 amide bonds. The van der Waals surface area contributed by atoms with Gasteiger partial charge in [0.05, 0.1) is 6.61 Å². The summed E-state index contributed by atoms with van der Waals surface area (Å²) < 4.78 is 51.6. The molecule has 7 heteroatoms. The van der Waals surface area contributed by atoms with Crippen molar-refractivity contribution < 1.29 is 32.2 Å². The van der Waals surface area contributed by atoms with E-state index in [4.69, 9.17) is 9.47 Å². The van der Waals surface area contributed by atoms with Crippen LogP contribution in [0.15, 0.2) is 42.5 Å². The van der Waals surface area contributed by atoms with E-state index >= 15 is 0 Å². The minimum atomic E-state index is -4.82. The van der Waals surface area contributed by atoms with Gasteiger partial charge in [-0.15, -0.1) is 13.2 Å². The Morgan fingerprint density at radius 1 is 1.00 bits per heavy atom. The molecule has 24 heavy (non-hydrogen) atoms. The van der Waals surface area contributed by atoms with Crippen LogP contribution in [0.1, 0.15) is 10.4 Å². The van der Waals surface area contributed by atoms with Crippen molar-refractivity contribution in [3.8, 4) is 22.6 Å². The SMILES string of the molecule is COCCOc1cc(-c2cccc(C=O)c2)ccc1OC(F)(F)F. The fourth-order valence-corrected chi connectivity index (χ4v) is 2.04. The summed E-state index contributed by atoms with van der Waals surface area (Å²) >= 11 is 0. The first-order chi connectivity index (χ1) is 11.4. The molecule has 0 aromatic heterocycles. The highest BCUT2D eigenvalue weighted by Gasteiger charge is 2.32. The van der Waals surface area contributed by atoms with E-state index in [9.17, 15) is 18.0 Å². The summed E-state index contributed by atoms with van der Waals surface area (Å²) in [6, 6.07) is 10.8. The molecule has 0 saturated carbocycles. The Hall–Kier alpha value is -2.54. The van der Waals surface area contributed by atoms with Gasteiger partial charge >= 0.3 is 6.36 Å². The summed E-state index contributed by atoms with van der Waals surface area (Å²) in [4.78, 5) is 10.9. The van der Waals surface area contributed by atoms with Crippen molar-refractivity contribution in [3.05, 3.63) is 48.0 Å². The third kappa shape index (κ3) is 4.99. The first kappa shape index (κ1) is 17.8. The zero-order chi connectivity index (χ0) is 17.6. The largest absolute Gasteiger partial charge is 0.573 e. The topological polar surface area (TPSA) is 44.8 Å². The molecule has 0 heterocycles. The smallest absolute Gasteiger partial charge is 0.487 e. The van der Waals surface area contributed by atoms with E-state index in [0.29, 0.717) is 23.0 Å². The van der Waals surface area contributed by atoms with Crippen molar-refractivity contribution in [1.82, 2.24) is 0 Å². The Balaban J connectivity index is 2.36. The maximum absolute atomic E-state index is 12.5. The summed E-state index contributed by atoms with van der Waals surface area (Å²) in [5.74, 6) is -0.493. The van der Waals surface area contributed by atoms with Crippen molar-refractivity contribution in [3.63, 3.8) is 0 Å². The second-order valence-corrected chi connectivity index (χ2v) is 4.79. The van der Waals surface area contributed by atoms with Crippen molar-refractivity contribution in [2.75, 3.05) is 20.3 Å². The minimum absolute atomic E-state index is 0.0571. The number of ether oxygens (including phenoxy) is 3. The van der Waals surface area contributed by atoms with Gasteiger partial charge < -0.3 is 14.2 Å². The predicted octanol–water partition coefficient (Wildman–Crippen LogP) is 4.09. The molecular weight excluding hydrogens is 325 g/mol. The van der Waals surface area contributed by atoms with Crippen LogP contribution >= 0.6 is 0 Å². The van der Waals surface area contributed by atoms with Gasteiger partial charge in [0.1, 0.15) is 12.9 Å². The molecule has 0 unspecified atom stereocenters. The second kappa shape index (κ2) is 7.83. The van der Waals surface area contributed by atoms with Crippen LogP contribution in [0.2, 0.25) is 0 Å². The number of rotatable bonds is 7. The lowest BCUT2D eigenvalue weighted by Gasteiger charge is -2.15. The lowest BCUT2D eigenvalue weighted by atomic mass is 10.0. The summed E-state index contributed by atoms with van der Waals surface area (Å²) in [6.45, 7) is 0.291. The van der Waals surface area contributed by atoms with Gasteiger partial charge in [0.2, 0.25) is 0 Å². The van der Waals surface area contributed by atoms with Crippen molar-refractivity contribution in [1.29, 1.82) is 0 Å². The molecule has 0 bridgehead atoms. The van der Waals surface area contributed by atoms with Crippen LogP contribution in [0, 0.1) is 0 Å². The molecular formula is C17H15F3O4. The van der Waals surface area contributed by atoms with Gasteiger partial charge in [-0.25, -0.2) is 0 Å². The standard InChI is InChI=1S/C17H15F3O4/c1-22-7-8-23-16-10-14(5-6-15(16)24-17(18,19)20)13-4-2-3-12(9-13)11-21/h2-6,9-11H,7-8H2,1H3. The van der Waals surface area contributed by atoms with Gasteiger partial charge in [0.25, 0.3) is 0 Å². The molecule has 0 aliphatic heterocycles. The number of hydrogen-bond donors (Lipinski definition) is 0. The van der Waals surface area contributed by atoms with E-state index in [1.165, 1.54) is 25.3 Å². The number of carbonyl (C=O) groups excluding carboxylic acids is 1. The fourth-order valence-electron chi connectivity index (χ4n) is 2.04. The monoisotopic (exact) mass is 340 g/mol. The molecule has 0 N–H and O–H groups in total. The predicted molar refractivity (Wildman–Crippen MR) is 81.3 cm³/mol. The first-order valence-electron chi connectivity index (χ1n) is 7.00. The van der Waals surface area contributed by atoms with E-state index in [2.05, 4.69) is 4.74 Å². The van der Waals surface area contributed by atoms with Gasteiger partial charge in [-0.3, -0.25) is 4.79 Å². The molecule has 0 aliphatic rings. The van der Waals surface area contributed by atoms with Crippen molar-refractivity contribution >= 4 is 6.29 Å². The van der Waals surface area contributed by atoms with Gasteiger partial charge in [0, 0.05) is 12.7 Å². The molecule has 0 saturated heterocycles. The minimum Gasteiger partial charge on any atom is -0.487 e. The zero-order valence-corrected chi connectivity index (χ0v) is 12.8. The van der Waals surface area contributed by atoms with Crippen molar-refractivity contribution in [2.24, 2.45) is 0 Å². The molecule has 2 rings (SSSR count). The lowest BCUT2D eigenvalue weighted by Crippen LogP contribution is -2.18. The molecule has 2 aromatic rings. The molecule has 4 nitrogen and oxygen atoms in total. The summed E-state index contributed by atoms with van der Waals surface area (Å²) in [7, 11) is 1.46. The Bertz CT molecular complexity index is 698. The van der Waals surface area contributed by atoms with Crippen molar-refractivity contribution in [2.45, 2.75) is 6.36 Å². The van der Waals surface area contributed by atoms with Gasteiger partial charge in [-0.05, 0) is 29.3 Å². The van der Waals surface area contributed by atoms with Crippen LogP contribution in [0.3, 0.4) is 0 Å². The Labute approximate surface area is 136 Å². The summed E-state index contributed by atoms with van der Waals surface area (Å²) in [6.07, 6.45) is -4.13. The maximum atomic E-state index is 12.5. The molecule has 0 atom stereocenters. The van der Waals surface area contributed by atoms with Crippen LogP contribution in [-0.2, 0) is 4.74 Å². The van der Waals surface area contributed by atoms with Gasteiger partial charge in [-0.2, -0.15) is 0 Å². The molecule has 0 radical (unpaired) electrons. The van der Waals surface area contributed by atoms with Gasteiger partial charge in [-0.1, -0.05) is 24.3 Å². The van der Waals surface area contributed by atoms with E-state index in [1.807, 2.05) is 0 Å². The third-order valence-corrected chi connectivity index (χ3v) is 3.07. The highest BCUT2D eigenvalue weighted by Crippen LogP contribution is 2.36. The zero-order valence-electron chi connectivity index (χ0n) is 12.8. The van der Waals surface area contributed by atoms with Crippen LogP contribution in [0.4, 0.5) is 13.2 Å². The summed E-state index contributed by atoms with van der Waals surface area (Å²) in [5.41, 5.74) is 1.74. The number of methoxy groups -OCH3 is 1. The third-order valence-electron chi connectivity index (χ3n) is 3.07. The molecule has 2 aromatic carbocycles. The average Bonchev–Trinajstić information content (AvgIpc) is 2.55. The van der Waals surface area contributed by atoms with E-state index < -0.39 is 12.1 Å². The van der Waals surface area contributed by atoms with Crippen LogP contribution in [0.5, 0.6) is 11.5 Å². The number of hydrogen-bond acceptors (Lipinski definition) is 4. The Morgan fingerprint density at radius 2 is 1.75 bits per heavy atom.